The third-order valence-electron chi connectivity index (χ3n) is 8.44. The van der Waals surface area contributed by atoms with Gasteiger partial charge in [-0.05, 0) is 50.7 Å². The van der Waals surface area contributed by atoms with Crippen LogP contribution in [0.5, 0.6) is 0 Å². The topological polar surface area (TPSA) is 156 Å². The van der Waals surface area contributed by atoms with E-state index in [2.05, 4.69) is 4.98 Å². The molecule has 0 saturated carbocycles. The number of aliphatic hydroxyl groups excluding tert-OH is 4. The predicted molar refractivity (Wildman–Crippen MR) is 158 cm³/mol. The Morgan fingerprint density at radius 2 is 1.88 bits per heavy atom. The molecule has 2 aliphatic rings. The Morgan fingerprint density at radius 3 is 2.50 bits per heavy atom. The Bertz CT molecular complexity index is 1120. The smallest absolute Gasteiger partial charge is 0.309 e. The van der Waals surface area contributed by atoms with Crippen molar-refractivity contribution in [2.75, 3.05) is 6.61 Å². The van der Waals surface area contributed by atoms with Crippen molar-refractivity contribution in [3.63, 3.8) is 0 Å². The molecular formula is C31H47NO9S. The molecule has 1 aromatic rings. The normalized spacial score (nSPS) is 35.8. The molecule has 9 unspecified atom stereocenters. The first-order valence-electron chi connectivity index (χ1n) is 14.7. The fourth-order valence-electron chi connectivity index (χ4n) is 5.53. The van der Waals surface area contributed by atoms with Gasteiger partial charge in [0.25, 0.3) is 0 Å². The van der Waals surface area contributed by atoms with Gasteiger partial charge < -0.3 is 34.6 Å². The average Bonchev–Trinajstić information content (AvgIpc) is 3.48. The molecule has 1 fully saturated rings. The Morgan fingerprint density at radius 1 is 1.17 bits per heavy atom. The zero-order valence-corrected chi connectivity index (χ0v) is 26.3. The molecule has 0 amide bonds. The van der Waals surface area contributed by atoms with Crippen LogP contribution in [-0.2, 0) is 23.8 Å². The number of thiazole rings is 1. The maximum atomic E-state index is 13.8. The van der Waals surface area contributed by atoms with E-state index >= 15 is 0 Å². The van der Waals surface area contributed by atoms with Crippen molar-refractivity contribution in [2.24, 2.45) is 17.3 Å². The van der Waals surface area contributed by atoms with E-state index < -0.39 is 66.8 Å². The SMILES string of the molecule is CC(=Cc1csc(C)n1)C1CC=CCCCC(C)C(O)C(C)C(=O)C(C)(C)C(OC2OC(CO)C(O)C2O)CC(=O)O1. The molecule has 11 heteroatoms. The molecule has 0 aliphatic carbocycles. The molecule has 2 aliphatic heterocycles. The van der Waals surface area contributed by atoms with Crippen molar-refractivity contribution >= 4 is 29.2 Å². The molecule has 9 atom stereocenters. The Labute approximate surface area is 252 Å². The molecule has 236 valence electrons. The summed E-state index contributed by atoms with van der Waals surface area (Å²) in [4.78, 5) is 31.8. The number of carbonyl (C=O) groups is 2. The molecule has 3 rings (SSSR count). The van der Waals surface area contributed by atoms with Crippen LogP contribution in [0, 0.1) is 24.2 Å². The molecule has 0 aromatic carbocycles. The van der Waals surface area contributed by atoms with Crippen molar-refractivity contribution in [3.05, 3.63) is 33.8 Å². The Hall–Kier alpha value is -1.99. The second-order valence-electron chi connectivity index (χ2n) is 12.2. The van der Waals surface area contributed by atoms with E-state index in [9.17, 15) is 30.0 Å². The standard InChI is InChI=1S/C31H47NO9S/c1-17-11-9-7-8-10-12-22(18(2)13-21-16-42-20(4)32-21)39-25(34)14-24(31(5,6)29(38)19(3)26(17)35)41-30-28(37)27(36)23(15-33)40-30/h8,10,13,16-17,19,22-24,26-28,30,33,35-37H,7,9,11-12,14-15H2,1-6H3. The van der Waals surface area contributed by atoms with E-state index in [-0.39, 0.29) is 18.1 Å². The highest BCUT2D eigenvalue weighted by Crippen LogP contribution is 2.36. The molecule has 3 heterocycles. The van der Waals surface area contributed by atoms with Crippen LogP contribution >= 0.6 is 11.3 Å². The number of aliphatic hydroxyl groups is 4. The lowest BCUT2D eigenvalue weighted by Crippen LogP contribution is -2.49. The van der Waals surface area contributed by atoms with Gasteiger partial charge in [-0.2, -0.15) is 0 Å². The monoisotopic (exact) mass is 609 g/mol. The molecule has 0 radical (unpaired) electrons. The largest absolute Gasteiger partial charge is 0.457 e. The van der Waals surface area contributed by atoms with Gasteiger partial charge in [0.15, 0.2) is 6.29 Å². The fraction of sp³-hybridized carbons (Fsp3) is 0.710. The summed E-state index contributed by atoms with van der Waals surface area (Å²) in [5, 5.41) is 44.2. The third-order valence-corrected chi connectivity index (χ3v) is 9.23. The van der Waals surface area contributed by atoms with Gasteiger partial charge in [-0.25, -0.2) is 4.98 Å². The van der Waals surface area contributed by atoms with Crippen LogP contribution in [0.1, 0.15) is 77.4 Å². The number of aromatic nitrogens is 1. The van der Waals surface area contributed by atoms with Crippen LogP contribution in [0.2, 0.25) is 0 Å². The Kier molecular flexibility index (Phi) is 12.4. The number of hydrogen-bond donors (Lipinski definition) is 4. The number of nitrogens with zero attached hydrogens (tertiary/aromatic N) is 1. The molecule has 42 heavy (non-hydrogen) atoms. The van der Waals surface area contributed by atoms with E-state index in [1.54, 1.807) is 20.8 Å². The molecule has 1 aromatic heterocycles. The number of hydrogen-bond acceptors (Lipinski definition) is 11. The van der Waals surface area contributed by atoms with E-state index in [0.29, 0.717) is 6.42 Å². The van der Waals surface area contributed by atoms with Gasteiger partial charge in [0, 0.05) is 17.7 Å². The highest BCUT2D eigenvalue weighted by molar-refractivity contribution is 7.09. The van der Waals surface area contributed by atoms with Crippen molar-refractivity contribution < 1.29 is 44.2 Å². The number of allylic oxidation sites excluding steroid dienone is 1. The highest BCUT2D eigenvalue weighted by Gasteiger charge is 2.49. The van der Waals surface area contributed by atoms with Crippen LogP contribution in [0.4, 0.5) is 0 Å². The van der Waals surface area contributed by atoms with Gasteiger partial charge in [-0.1, -0.05) is 39.8 Å². The minimum Gasteiger partial charge on any atom is -0.457 e. The van der Waals surface area contributed by atoms with Crippen LogP contribution < -0.4 is 0 Å². The first kappa shape index (κ1) is 34.5. The van der Waals surface area contributed by atoms with Crippen LogP contribution in [-0.4, -0.2) is 86.7 Å². The molecule has 0 spiro atoms. The van der Waals surface area contributed by atoms with Crippen molar-refractivity contribution in [1.29, 1.82) is 0 Å². The van der Waals surface area contributed by atoms with E-state index in [1.165, 1.54) is 11.3 Å². The quantitative estimate of drug-likeness (QED) is 0.289. The summed E-state index contributed by atoms with van der Waals surface area (Å²) in [6.07, 6.45) is 0.339. The average molecular weight is 610 g/mol. The molecule has 0 bridgehead atoms. The number of ketones is 1. The molecular weight excluding hydrogens is 562 g/mol. The maximum Gasteiger partial charge on any atom is 0.309 e. The van der Waals surface area contributed by atoms with E-state index in [0.717, 1.165) is 35.5 Å². The number of rotatable bonds is 5. The summed E-state index contributed by atoms with van der Waals surface area (Å²) in [5.74, 6) is -1.83. The lowest BCUT2D eigenvalue weighted by atomic mass is 9.72. The molecule has 10 nitrogen and oxygen atoms in total. The number of Topliss-reactive ketones (excluding diaryl/α,β-unsaturated/α-hetero) is 1. The number of carbonyl (C=O) groups excluding carboxylic acids is 2. The first-order chi connectivity index (χ1) is 19.8. The van der Waals surface area contributed by atoms with Crippen molar-refractivity contribution in [3.8, 4) is 0 Å². The van der Waals surface area contributed by atoms with Gasteiger partial charge in [0.1, 0.15) is 30.2 Å². The molecule has 4 N–H and O–H groups in total. The van der Waals surface area contributed by atoms with Gasteiger partial charge >= 0.3 is 5.97 Å². The van der Waals surface area contributed by atoms with Gasteiger partial charge in [-0.15, -0.1) is 11.3 Å². The summed E-state index contributed by atoms with van der Waals surface area (Å²) in [7, 11) is 0. The lowest BCUT2D eigenvalue weighted by Gasteiger charge is -2.38. The van der Waals surface area contributed by atoms with Crippen LogP contribution in [0.25, 0.3) is 6.08 Å². The third kappa shape index (κ3) is 8.56. The fourth-order valence-corrected chi connectivity index (χ4v) is 6.10. The van der Waals surface area contributed by atoms with Crippen LogP contribution in [0.3, 0.4) is 0 Å². The summed E-state index contributed by atoms with van der Waals surface area (Å²) in [6.45, 7) is 10.1. The van der Waals surface area contributed by atoms with Crippen molar-refractivity contribution in [2.45, 2.75) is 117 Å². The zero-order chi connectivity index (χ0) is 31.2. The van der Waals surface area contributed by atoms with Gasteiger partial charge in [0.2, 0.25) is 0 Å². The summed E-state index contributed by atoms with van der Waals surface area (Å²) < 4.78 is 17.5. The predicted octanol–water partition coefficient (Wildman–Crippen LogP) is 3.34. The number of cyclic esters (lactones) is 1. The lowest BCUT2D eigenvalue weighted by molar-refractivity contribution is -0.218. The Balaban J connectivity index is 1.94. The maximum absolute atomic E-state index is 13.8. The molecule has 1 saturated heterocycles. The van der Waals surface area contributed by atoms with Gasteiger partial charge in [-0.3, -0.25) is 9.59 Å². The zero-order valence-electron chi connectivity index (χ0n) is 25.4. The number of esters is 1. The first-order valence-corrected chi connectivity index (χ1v) is 15.6. The number of aryl methyl sites for hydroxylation is 1. The summed E-state index contributed by atoms with van der Waals surface area (Å²) in [5.41, 5.74) is 0.266. The summed E-state index contributed by atoms with van der Waals surface area (Å²) in [6, 6.07) is 0. The minimum absolute atomic E-state index is 0.134. The summed E-state index contributed by atoms with van der Waals surface area (Å²) >= 11 is 1.53. The minimum atomic E-state index is -1.50. The number of ether oxygens (including phenoxy) is 3. The van der Waals surface area contributed by atoms with E-state index in [4.69, 9.17) is 14.2 Å². The van der Waals surface area contributed by atoms with Crippen molar-refractivity contribution in [1.82, 2.24) is 4.98 Å². The van der Waals surface area contributed by atoms with E-state index in [1.807, 2.05) is 44.4 Å². The van der Waals surface area contributed by atoms with Gasteiger partial charge in [0.05, 0.1) is 41.4 Å². The van der Waals surface area contributed by atoms with Crippen LogP contribution in [0.15, 0.2) is 23.1 Å². The highest BCUT2D eigenvalue weighted by atomic mass is 32.1. The second kappa shape index (κ2) is 15.1. The second-order valence-corrected chi connectivity index (χ2v) is 13.2.